The Bertz CT molecular complexity index is 822. The fraction of sp³-hybridized carbons (Fsp3) is 0.211. The molecular formula is C19H18N2O3. The molecule has 3 rings (SSSR count). The number of nitrogens with zero attached hydrogens (tertiary/aromatic N) is 1. The molecule has 0 aliphatic carbocycles. The summed E-state index contributed by atoms with van der Waals surface area (Å²) in [7, 11) is 0. The van der Waals surface area contributed by atoms with Crippen LogP contribution in [0.5, 0.6) is 0 Å². The number of hydrogen-bond donors (Lipinski definition) is 1. The van der Waals surface area contributed by atoms with Crippen molar-refractivity contribution in [2.24, 2.45) is 0 Å². The number of anilines is 1. The van der Waals surface area contributed by atoms with Crippen LogP contribution in [0.2, 0.25) is 0 Å². The van der Waals surface area contributed by atoms with E-state index in [4.69, 9.17) is 0 Å². The lowest BCUT2D eigenvalue weighted by Gasteiger charge is -2.22. The van der Waals surface area contributed by atoms with Crippen LogP contribution in [0, 0.1) is 13.8 Å². The molecule has 1 N–H and O–H groups in total. The van der Waals surface area contributed by atoms with Gasteiger partial charge in [-0.25, -0.2) is 0 Å². The van der Waals surface area contributed by atoms with E-state index >= 15 is 0 Å². The van der Waals surface area contributed by atoms with Crippen molar-refractivity contribution in [3.05, 3.63) is 64.7 Å². The summed E-state index contributed by atoms with van der Waals surface area (Å²) in [4.78, 5) is 38.5. The smallest absolute Gasteiger partial charge is 0.262 e. The van der Waals surface area contributed by atoms with Gasteiger partial charge in [0.1, 0.15) is 6.04 Å². The van der Waals surface area contributed by atoms with Gasteiger partial charge >= 0.3 is 0 Å². The number of fused-ring (bicyclic) bond motifs is 1. The van der Waals surface area contributed by atoms with Crippen molar-refractivity contribution >= 4 is 23.4 Å². The number of hydrogen-bond acceptors (Lipinski definition) is 3. The summed E-state index contributed by atoms with van der Waals surface area (Å²) in [5, 5.41) is 2.81. The third-order valence-electron chi connectivity index (χ3n) is 4.45. The van der Waals surface area contributed by atoms with E-state index in [1.807, 2.05) is 26.0 Å². The predicted molar refractivity (Wildman–Crippen MR) is 90.9 cm³/mol. The Balaban J connectivity index is 1.83. The van der Waals surface area contributed by atoms with Crippen LogP contribution in [0.4, 0.5) is 5.69 Å². The highest BCUT2D eigenvalue weighted by Gasteiger charge is 2.40. The van der Waals surface area contributed by atoms with Crippen LogP contribution in [-0.2, 0) is 4.79 Å². The second-order valence-corrected chi connectivity index (χ2v) is 5.94. The fourth-order valence-electron chi connectivity index (χ4n) is 2.80. The summed E-state index contributed by atoms with van der Waals surface area (Å²) in [5.41, 5.74) is 3.38. The third-order valence-corrected chi connectivity index (χ3v) is 4.45. The highest BCUT2D eigenvalue weighted by atomic mass is 16.2. The van der Waals surface area contributed by atoms with Crippen LogP contribution >= 0.6 is 0 Å². The second kappa shape index (κ2) is 5.92. The molecule has 0 aromatic heterocycles. The zero-order valence-corrected chi connectivity index (χ0v) is 13.8. The van der Waals surface area contributed by atoms with Gasteiger partial charge in [-0.3, -0.25) is 19.3 Å². The van der Waals surface area contributed by atoms with Crippen molar-refractivity contribution in [2.45, 2.75) is 26.8 Å². The summed E-state index contributed by atoms with van der Waals surface area (Å²) in [6, 6.07) is 11.3. The molecule has 0 unspecified atom stereocenters. The Morgan fingerprint density at radius 3 is 2.12 bits per heavy atom. The van der Waals surface area contributed by atoms with Gasteiger partial charge in [0.25, 0.3) is 11.8 Å². The molecule has 5 nitrogen and oxygen atoms in total. The maximum absolute atomic E-state index is 12.5. The maximum atomic E-state index is 12.5. The Labute approximate surface area is 140 Å². The summed E-state index contributed by atoms with van der Waals surface area (Å²) in [6.45, 7) is 5.43. The minimum atomic E-state index is -0.891. The van der Waals surface area contributed by atoms with E-state index in [0.717, 1.165) is 16.0 Å². The van der Waals surface area contributed by atoms with Crippen molar-refractivity contribution in [2.75, 3.05) is 5.32 Å². The molecule has 5 heteroatoms. The zero-order chi connectivity index (χ0) is 17.4. The van der Waals surface area contributed by atoms with Gasteiger partial charge in [0, 0.05) is 5.69 Å². The molecular weight excluding hydrogens is 304 g/mol. The number of carbonyl (C=O) groups excluding carboxylic acids is 3. The van der Waals surface area contributed by atoms with Crippen LogP contribution in [0.1, 0.15) is 38.8 Å². The first kappa shape index (κ1) is 15.9. The average molecular weight is 322 g/mol. The molecule has 1 heterocycles. The number of rotatable bonds is 3. The Morgan fingerprint density at radius 1 is 0.958 bits per heavy atom. The molecule has 2 aromatic rings. The molecule has 1 aliphatic heterocycles. The number of aryl methyl sites for hydroxylation is 1. The molecule has 2 aromatic carbocycles. The minimum absolute atomic E-state index is 0.342. The first-order valence-corrected chi connectivity index (χ1v) is 7.76. The molecule has 1 aliphatic rings. The zero-order valence-electron chi connectivity index (χ0n) is 13.8. The normalized spacial score (nSPS) is 14.5. The van der Waals surface area contributed by atoms with Crippen LogP contribution in [0.25, 0.3) is 0 Å². The van der Waals surface area contributed by atoms with Crippen molar-refractivity contribution in [3.8, 4) is 0 Å². The molecule has 0 bridgehead atoms. The van der Waals surface area contributed by atoms with Crippen LogP contribution < -0.4 is 5.32 Å². The lowest BCUT2D eigenvalue weighted by molar-refractivity contribution is -0.119. The van der Waals surface area contributed by atoms with E-state index in [1.54, 1.807) is 37.3 Å². The van der Waals surface area contributed by atoms with Gasteiger partial charge in [-0.15, -0.1) is 0 Å². The highest BCUT2D eigenvalue weighted by molar-refractivity contribution is 6.23. The Kier molecular flexibility index (Phi) is 3.93. The van der Waals surface area contributed by atoms with Gasteiger partial charge in [-0.05, 0) is 50.1 Å². The number of amides is 3. The summed E-state index contributed by atoms with van der Waals surface area (Å²) < 4.78 is 0. The molecule has 0 spiro atoms. The number of imide groups is 1. The van der Waals surface area contributed by atoms with Gasteiger partial charge in [0.2, 0.25) is 5.91 Å². The number of carbonyl (C=O) groups is 3. The number of benzene rings is 2. The lowest BCUT2D eigenvalue weighted by Crippen LogP contribution is -2.45. The third kappa shape index (κ3) is 2.48. The van der Waals surface area contributed by atoms with E-state index in [2.05, 4.69) is 5.32 Å². The van der Waals surface area contributed by atoms with Gasteiger partial charge in [0.05, 0.1) is 11.1 Å². The standard InChI is InChI=1S/C19H18N2O3/c1-11-7-6-10-16(12(11)2)20-17(22)13(3)21-18(23)14-8-4-5-9-15(14)19(21)24/h4-10,13H,1-3H3,(H,20,22)/t13-/m0/s1. The lowest BCUT2D eigenvalue weighted by atomic mass is 10.1. The molecule has 0 saturated heterocycles. The van der Waals surface area contributed by atoms with Crippen LogP contribution in [0.15, 0.2) is 42.5 Å². The van der Waals surface area contributed by atoms with Gasteiger partial charge in [0.15, 0.2) is 0 Å². The predicted octanol–water partition coefficient (Wildman–Crippen LogP) is 2.93. The molecule has 122 valence electrons. The largest absolute Gasteiger partial charge is 0.324 e. The summed E-state index contributed by atoms with van der Waals surface area (Å²) in [5.74, 6) is -1.25. The van der Waals surface area contributed by atoms with Gasteiger partial charge < -0.3 is 5.32 Å². The SMILES string of the molecule is Cc1cccc(NC(=O)[C@H](C)N2C(=O)c3ccccc3C2=O)c1C. The summed E-state index contributed by atoms with van der Waals surface area (Å²) >= 11 is 0. The summed E-state index contributed by atoms with van der Waals surface area (Å²) in [6.07, 6.45) is 0. The van der Waals surface area contributed by atoms with Crippen LogP contribution in [-0.4, -0.2) is 28.7 Å². The molecule has 0 radical (unpaired) electrons. The topological polar surface area (TPSA) is 66.5 Å². The van der Waals surface area contributed by atoms with Gasteiger partial charge in [-0.1, -0.05) is 24.3 Å². The monoisotopic (exact) mass is 322 g/mol. The van der Waals surface area contributed by atoms with Gasteiger partial charge in [-0.2, -0.15) is 0 Å². The molecule has 0 fully saturated rings. The highest BCUT2D eigenvalue weighted by Crippen LogP contribution is 2.25. The molecule has 1 atom stereocenters. The van der Waals surface area contributed by atoms with E-state index < -0.39 is 23.8 Å². The molecule has 0 saturated carbocycles. The van der Waals surface area contributed by atoms with E-state index in [-0.39, 0.29) is 0 Å². The molecule has 3 amide bonds. The molecule has 24 heavy (non-hydrogen) atoms. The Morgan fingerprint density at radius 2 is 1.54 bits per heavy atom. The first-order valence-electron chi connectivity index (χ1n) is 7.76. The quantitative estimate of drug-likeness (QED) is 0.884. The van der Waals surface area contributed by atoms with E-state index in [9.17, 15) is 14.4 Å². The van der Waals surface area contributed by atoms with Crippen molar-refractivity contribution in [1.29, 1.82) is 0 Å². The van der Waals surface area contributed by atoms with Crippen LogP contribution in [0.3, 0.4) is 0 Å². The second-order valence-electron chi connectivity index (χ2n) is 5.94. The number of nitrogens with one attached hydrogen (secondary N) is 1. The first-order chi connectivity index (χ1) is 11.4. The van der Waals surface area contributed by atoms with E-state index in [0.29, 0.717) is 16.8 Å². The van der Waals surface area contributed by atoms with Crippen molar-refractivity contribution in [1.82, 2.24) is 4.90 Å². The Hall–Kier alpha value is -2.95. The van der Waals surface area contributed by atoms with E-state index in [1.165, 1.54) is 0 Å². The maximum Gasteiger partial charge on any atom is 0.262 e. The minimum Gasteiger partial charge on any atom is -0.324 e. The van der Waals surface area contributed by atoms with Crippen molar-refractivity contribution in [3.63, 3.8) is 0 Å². The van der Waals surface area contributed by atoms with Crippen molar-refractivity contribution < 1.29 is 14.4 Å². The average Bonchev–Trinajstić information content (AvgIpc) is 2.83. The fourth-order valence-corrected chi connectivity index (χ4v) is 2.80.